The average molecular weight is 523 g/mol. The molecule has 0 unspecified atom stereocenters. The number of morpholine rings is 1. The monoisotopic (exact) mass is 522 g/mol. The van der Waals surface area contributed by atoms with Gasteiger partial charge in [-0.3, -0.25) is 4.72 Å². The molecule has 0 saturated carbocycles. The highest BCUT2D eigenvalue weighted by atomic mass is 32.2. The molecule has 1 saturated heterocycles. The molecule has 12 heteroatoms. The maximum absolute atomic E-state index is 13.3. The highest BCUT2D eigenvalue weighted by Crippen LogP contribution is 2.34. The molecule has 1 aliphatic heterocycles. The number of methoxy groups -OCH3 is 2. The van der Waals surface area contributed by atoms with E-state index in [0.717, 1.165) is 0 Å². The van der Waals surface area contributed by atoms with E-state index in [0.29, 0.717) is 60.3 Å². The number of nitrogens with zero attached hydrogens (tertiary/aromatic N) is 4. The lowest BCUT2D eigenvalue weighted by atomic mass is 10.2. The third-order valence-corrected chi connectivity index (χ3v) is 7.15. The van der Waals surface area contributed by atoms with Crippen molar-refractivity contribution in [1.29, 1.82) is 0 Å². The Hall–Kier alpha value is -4.16. The number of aromatic nitrogens is 3. The SMILES string of the molecule is COc1ccc(OC)c(Nc2nc3ccccc3nc2NS(=O)(=O)c2ccc(N3CCOCC3)nc2)c1. The van der Waals surface area contributed by atoms with E-state index in [1.807, 2.05) is 17.0 Å². The molecule has 0 bridgehead atoms. The van der Waals surface area contributed by atoms with E-state index in [-0.39, 0.29) is 16.5 Å². The van der Waals surface area contributed by atoms with Crippen LogP contribution in [0.4, 0.5) is 23.1 Å². The second kappa shape index (κ2) is 10.4. The Balaban J connectivity index is 1.49. The summed E-state index contributed by atoms with van der Waals surface area (Å²) >= 11 is 0. The van der Waals surface area contributed by atoms with E-state index in [1.165, 1.54) is 19.4 Å². The molecular weight excluding hydrogens is 496 g/mol. The van der Waals surface area contributed by atoms with E-state index in [4.69, 9.17) is 14.2 Å². The summed E-state index contributed by atoms with van der Waals surface area (Å²) in [6, 6.07) is 15.6. The third-order valence-electron chi connectivity index (χ3n) is 5.83. The van der Waals surface area contributed by atoms with Gasteiger partial charge in [0.1, 0.15) is 22.2 Å². The van der Waals surface area contributed by atoms with Crippen molar-refractivity contribution in [3.8, 4) is 11.5 Å². The average Bonchev–Trinajstić information content (AvgIpc) is 2.93. The lowest BCUT2D eigenvalue weighted by molar-refractivity contribution is 0.122. The Labute approximate surface area is 214 Å². The molecule has 0 amide bonds. The number of hydrogen-bond acceptors (Lipinski definition) is 10. The van der Waals surface area contributed by atoms with Crippen LogP contribution in [0.5, 0.6) is 11.5 Å². The minimum Gasteiger partial charge on any atom is -0.497 e. The number of ether oxygens (including phenoxy) is 3. The molecule has 192 valence electrons. The topological polar surface area (TPSA) is 128 Å². The first kappa shape index (κ1) is 24.5. The fraction of sp³-hybridized carbons (Fsp3) is 0.240. The number of sulfonamides is 1. The molecule has 0 atom stereocenters. The van der Waals surface area contributed by atoms with Gasteiger partial charge in [-0.05, 0) is 36.4 Å². The summed E-state index contributed by atoms with van der Waals surface area (Å²) in [5.41, 5.74) is 1.65. The Kier molecular flexibility index (Phi) is 6.93. The Bertz CT molecular complexity index is 1510. The van der Waals surface area contributed by atoms with Crippen LogP contribution in [0.25, 0.3) is 11.0 Å². The van der Waals surface area contributed by atoms with Crippen LogP contribution in [-0.4, -0.2) is 63.9 Å². The first-order valence-electron chi connectivity index (χ1n) is 11.5. The highest BCUT2D eigenvalue weighted by molar-refractivity contribution is 7.92. The zero-order chi connectivity index (χ0) is 25.8. The summed E-state index contributed by atoms with van der Waals surface area (Å²) in [5, 5.41) is 3.15. The van der Waals surface area contributed by atoms with Crippen LogP contribution in [0.2, 0.25) is 0 Å². The minimum atomic E-state index is -4.03. The molecule has 4 aromatic rings. The van der Waals surface area contributed by atoms with Gasteiger partial charge in [0.25, 0.3) is 10.0 Å². The molecule has 0 spiro atoms. The van der Waals surface area contributed by atoms with Gasteiger partial charge in [0.05, 0.1) is 44.2 Å². The van der Waals surface area contributed by atoms with Crippen molar-refractivity contribution < 1.29 is 22.6 Å². The first-order chi connectivity index (χ1) is 18.0. The lowest BCUT2D eigenvalue weighted by Crippen LogP contribution is -2.36. The number of rotatable bonds is 8. The zero-order valence-corrected chi connectivity index (χ0v) is 21.2. The number of anilines is 4. The molecule has 1 aliphatic rings. The minimum absolute atomic E-state index is 0.00405. The fourth-order valence-corrected chi connectivity index (χ4v) is 4.85. The normalized spacial score (nSPS) is 13.8. The van der Waals surface area contributed by atoms with Crippen LogP contribution in [0.15, 0.2) is 65.7 Å². The number of fused-ring (bicyclic) bond motifs is 1. The Morgan fingerprint density at radius 3 is 2.30 bits per heavy atom. The number of benzene rings is 2. The zero-order valence-electron chi connectivity index (χ0n) is 20.3. The predicted octanol–water partition coefficient (Wildman–Crippen LogP) is 3.42. The summed E-state index contributed by atoms with van der Waals surface area (Å²) in [7, 11) is -0.934. The molecule has 2 aromatic heterocycles. The Morgan fingerprint density at radius 1 is 0.919 bits per heavy atom. The number of para-hydroxylation sites is 2. The maximum atomic E-state index is 13.3. The van der Waals surface area contributed by atoms with Crippen LogP contribution < -0.4 is 24.4 Å². The molecule has 3 heterocycles. The van der Waals surface area contributed by atoms with Crippen molar-refractivity contribution >= 4 is 44.2 Å². The molecule has 2 N–H and O–H groups in total. The van der Waals surface area contributed by atoms with Gasteiger partial charge in [-0.15, -0.1) is 0 Å². The quantitative estimate of drug-likeness (QED) is 0.355. The van der Waals surface area contributed by atoms with Gasteiger partial charge in [0, 0.05) is 25.4 Å². The molecule has 11 nitrogen and oxygen atoms in total. The van der Waals surface area contributed by atoms with Crippen molar-refractivity contribution in [1.82, 2.24) is 15.0 Å². The van der Waals surface area contributed by atoms with E-state index < -0.39 is 10.0 Å². The summed E-state index contributed by atoms with van der Waals surface area (Å²) in [4.78, 5) is 15.6. The molecule has 0 aliphatic carbocycles. The van der Waals surface area contributed by atoms with Crippen LogP contribution >= 0.6 is 0 Å². The van der Waals surface area contributed by atoms with Crippen molar-refractivity contribution in [2.75, 3.05) is 55.5 Å². The smallest absolute Gasteiger partial charge is 0.264 e. The number of hydrogen-bond donors (Lipinski definition) is 2. The van der Waals surface area contributed by atoms with Gasteiger partial charge >= 0.3 is 0 Å². The summed E-state index contributed by atoms with van der Waals surface area (Å²) < 4.78 is 45.4. The van der Waals surface area contributed by atoms with E-state index >= 15 is 0 Å². The lowest BCUT2D eigenvalue weighted by Gasteiger charge is -2.27. The predicted molar refractivity (Wildman–Crippen MR) is 140 cm³/mol. The van der Waals surface area contributed by atoms with Crippen molar-refractivity contribution in [2.45, 2.75) is 4.90 Å². The molecule has 2 aromatic carbocycles. The summed E-state index contributed by atoms with van der Waals surface area (Å²) in [6.07, 6.45) is 1.33. The van der Waals surface area contributed by atoms with Crippen LogP contribution in [0.3, 0.4) is 0 Å². The van der Waals surface area contributed by atoms with E-state index in [9.17, 15) is 8.42 Å². The number of pyridine rings is 1. The van der Waals surface area contributed by atoms with Gasteiger partial charge in [-0.2, -0.15) is 0 Å². The van der Waals surface area contributed by atoms with Crippen LogP contribution in [0, 0.1) is 0 Å². The van der Waals surface area contributed by atoms with E-state index in [2.05, 4.69) is 25.0 Å². The number of nitrogens with one attached hydrogen (secondary N) is 2. The Morgan fingerprint density at radius 2 is 1.65 bits per heavy atom. The second-order valence-electron chi connectivity index (χ2n) is 8.16. The molecular formula is C25H26N6O5S. The summed E-state index contributed by atoms with van der Waals surface area (Å²) in [5.74, 6) is 2.03. The van der Waals surface area contributed by atoms with Crippen molar-refractivity contribution in [2.24, 2.45) is 0 Å². The van der Waals surface area contributed by atoms with Crippen LogP contribution in [0.1, 0.15) is 0 Å². The second-order valence-corrected chi connectivity index (χ2v) is 9.84. The van der Waals surface area contributed by atoms with Gasteiger partial charge in [-0.1, -0.05) is 12.1 Å². The third kappa shape index (κ3) is 5.34. The molecule has 1 fully saturated rings. The van der Waals surface area contributed by atoms with Gasteiger partial charge in [0.2, 0.25) is 0 Å². The van der Waals surface area contributed by atoms with Gasteiger partial charge in [-0.25, -0.2) is 23.4 Å². The van der Waals surface area contributed by atoms with Crippen molar-refractivity contribution in [3.05, 3.63) is 60.8 Å². The standard InChI is InChI=1S/C25H26N6O5S/c1-34-17-7-9-22(35-2)21(15-17)29-24-25(28-20-6-4-3-5-19(20)27-24)30-37(32,33)18-8-10-23(26-16-18)31-11-13-36-14-12-31/h3-10,15-16H,11-14H2,1-2H3,(H,27,29)(H,28,30). The molecule has 5 rings (SSSR count). The summed E-state index contributed by atoms with van der Waals surface area (Å²) in [6.45, 7) is 2.62. The molecule has 37 heavy (non-hydrogen) atoms. The first-order valence-corrected chi connectivity index (χ1v) is 13.0. The fourth-order valence-electron chi connectivity index (χ4n) is 3.89. The van der Waals surface area contributed by atoms with E-state index in [1.54, 1.807) is 43.5 Å². The van der Waals surface area contributed by atoms with Crippen LogP contribution in [-0.2, 0) is 14.8 Å². The highest BCUT2D eigenvalue weighted by Gasteiger charge is 2.21. The van der Waals surface area contributed by atoms with Gasteiger partial charge < -0.3 is 24.4 Å². The largest absolute Gasteiger partial charge is 0.497 e. The molecule has 0 radical (unpaired) electrons. The van der Waals surface area contributed by atoms with Gasteiger partial charge in [0.15, 0.2) is 11.6 Å². The van der Waals surface area contributed by atoms with Crippen molar-refractivity contribution in [3.63, 3.8) is 0 Å². The maximum Gasteiger partial charge on any atom is 0.264 e.